The molecule has 0 rings (SSSR count). The molecule has 0 fully saturated rings. The van der Waals surface area contributed by atoms with Gasteiger partial charge >= 0.3 is 0 Å². The summed E-state index contributed by atoms with van der Waals surface area (Å²) >= 11 is 0. The summed E-state index contributed by atoms with van der Waals surface area (Å²) in [4.78, 5) is 23.9. The van der Waals surface area contributed by atoms with Crippen LogP contribution in [0.5, 0.6) is 0 Å². The van der Waals surface area contributed by atoms with E-state index in [9.17, 15) is 9.59 Å². The predicted molar refractivity (Wildman–Crippen MR) is 70.1 cm³/mol. The molecule has 0 aromatic carbocycles. The smallest absolute Gasteiger partial charge is 0.239 e. The molecule has 0 heterocycles. The van der Waals surface area contributed by atoms with Crippen molar-refractivity contribution in [2.24, 2.45) is 5.73 Å². The van der Waals surface area contributed by atoms with Gasteiger partial charge in [0.25, 0.3) is 0 Å². The number of hydrogen-bond donors (Lipinski definition) is 4. The standard InChI is InChI=1S/C11H23N5O2/c1-3-4-5-9(17)14-6-7-15-10(18)8-16(2)11(12)13/h3-8H2,1-2H3,(H3,12,13)(H,14,17)(H,15,18). The highest BCUT2D eigenvalue weighted by atomic mass is 16.2. The number of nitrogens with two attached hydrogens (primary N) is 1. The number of carbonyl (C=O) groups is 2. The molecule has 7 nitrogen and oxygen atoms in total. The van der Waals surface area contributed by atoms with Crippen LogP contribution in [0.1, 0.15) is 26.2 Å². The number of unbranched alkanes of at least 4 members (excludes halogenated alkanes) is 1. The second-order valence-electron chi connectivity index (χ2n) is 4.04. The lowest BCUT2D eigenvalue weighted by atomic mass is 10.2. The lowest BCUT2D eigenvalue weighted by Crippen LogP contribution is -2.43. The lowest BCUT2D eigenvalue weighted by Gasteiger charge is -2.15. The number of nitrogens with one attached hydrogen (secondary N) is 3. The molecule has 5 N–H and O–H groups in total. The number of nitrogens with zero attached hydrogens (tertiary/aromatic N) is 1. The van der Waals surface area contributed by atoms with Crippen LogP contribution in [-0.2, 0) is 9.59 Å². The second-order valence-corrected chi connectivity index (χ2v) is 4.04. The van der Waals surface area contributed by atoms with Crippen molar-refractivity contribution in [3.8, 4) is 0 Å². The summed E-state index contributed by atoms with van der Waals surface area (Å²) in [6.07, 6.45) is 2.39. The van der Waals surface area contributed by atoms with E-state index < -0.39 is 0 Å². The molecule has 0 radical (unpaired) electrons. The minimum atomic E-state index is -0.226. The zero-order chi connectivity index (χ0) is 14.0. The van der Waals surface area contributed by atoms with E-state index in [-0.39, 0.29) is 24.3 Å². The third-order valence-electron chi connectivity index (χ3n) is 2.32. The number of guanidine groups is 1. The Morgan fingerprint density at radius 3 is 2.28 bits per heavy atom. The molecule has 0 spiro atoms. The zero-order valence-corrected chi connectivity index (χ0v) is 11.1. The topological polar surface area (TPSA) is 111 Å². The average Bonchev–Trinajstić information content (AvgIpc) is 2.31. The number of carbonyl (C=O) groups excluding carboxylic acids is 2. The van der Waals surface area contributed by atoms with Crippen molar-refractivity contribution in [1.29, 1.82) is 5.41 Å². The first-order valence-corrected chi connectivity index (χ1v) is 6.06. The van der Waals surface area contributed by atoms with Gasteiger partial charge in [-0.05, 0) is 6.42 Å². The van der Waals surface area contributed by atoms with E-state index in [2.05, 4.69) is 10.6 Å². The molecule has 18 heavy (non-hydrogen) atoms. The van der Waals surface area contributed by atoms with Gasteiger partial charge in [-0.25, -0.2) is 0 Å². The molecular weight excluding hydrogens is 234 g/mol. The summed E-state index contributed by atoms with van der Waals surface area (Å²) in [6, 6.07) is 0. The van der Waals surface area contributed by atoms with Crippen molar-refractivity contribution in [3.63, 3.8) is 0 Å². The van der Waals surface area contributed by atoms with Crippen molar-refractivity contribution < 1.29 is 9.59 Å². The summed E-state index contributed by atoms with van der Waals surface area (Å²) in [7, 11) is 1.56. The maximum atomic E-state index is 11.4. The van der Waals surface area contributed by atoms with Crippen LogP contribution < -0.4 is 16.4 Å². The van der Waals surface area contributed by atoms with Crippen molar-refractivity contribution in [2.45, 2.75) is 26.2 Å². The van der Waals surface area contributed by atoms with Gasteiger partial charge in [0.2, 0.25) is 11.8 Å². The first-order chi connectivity index (χ1) is 8.47. The summed E-state index contributed by atoms with van der Waals surface area (Å²) in [5, 5.41) is 12.4. The molecule has 0 aliphatic rings. The molecule has 0 aliphatic heterocycles. The van der Waals surface area contributed by atoms with E-state index in [0.717, 1.165) is 12.8 Å². The zero-order valence-electron chi connectivity index (χ0n) is 11.1. The van der Waals surface area contributed by atoms with Crippen molar-refractivity contribution >= 4 is 17.8 Å². The van der Waals surface area contributed by atoms with E-state index in [1.807, 2.05) is 6.92 Å². The molecular formula is C11H23N5O2. The van der Waals surface area contributed by atoms with Gasteiger partial charge in [-0.3, -0.25) is 15.0 Å². The molecule has 0 aromatic rings. The van der Waals surface area contributed by atoms with Crippen molar-refractivity contribution in [2.75, 3.05) is 26.7 Å². The fraction of sp³-hybridized carbons (Fsp3) is 0.727. The highest BCUT2D eigenvalue weighted by molar-refractivity contribution is 5.84. The molecule has 0 atom stereocenters. The summed E-state index contributed by atoms with van der Waals surface area (Å²) in [5.41, 5.74) is 5.20. The summed E-state index contributed by atoms with van der Waals surface area (Å²) in [6.45, 7) is 2.86. The Balaban J connectivity index is 3.57. The number of hydrogen-bond acceptors (Lipinski definition) is 3. The first-order valence-electron chi connectivity index (χ1n) is 6.06. The minimum Gasteiger partial charge on any atom is -0.370 e. The molecule has 7 heteroatoms. The van der Waals surface area contributed by atoms with Crippen LogP contribution in [0.15, 0.2) is 0 Å². The van der Waals surface area contributed by atoms with Crippen LogP contribution in [0.2, 0.25) is 0 Å². The quantitative estimate of drug-likeness (QED) is 0.260. The van der Waals surface area contributed by atoms with Gasteiger partial charge < -0.3 is 21.3 Å². The lowest BCUT2D eigenvalue weighted by molar-refractivity contribution is -0.123. The van der Waals surface area contributed by atoms with Gasteiger partial charge in [0.05, 0.1) is 6.54 Å². The highest BCUT2D eigenvalue weighted by Gasteiger charge is 2.06. The van der Waals surface area contributed by atoms with E-state index in [1.54, 1.807) is 7.05 Å². The monoisotopic (exact) mass is 257 g/mol. The molecule has 0 saturated carbocycles. The third kappa shape index (κ3) is 8.37. The predicted octanol–water partition coefficient (Wildman–Crippen LogP) is -0.766. The molecule has 2 amide bonds. The molecule has 0 bridgehead atoms. The van der Waals surface area contributed by atoms with Crippen LogP contribution in [0.3, 0.4) is 0 Å². The Hall–Kier alpha value is -1.79. The molecule has 0 aliphatic carbocycles. The molecule has 0 unspecified atom stereocenters. The Morgan fingerprint density at radius 1 is 1.22 bits per heavy atom. The summed E-state index contributed by atoms with van der Waals surface area (Å²) < 4.78 is 0. The Labute approximate surface area is 108 Å². The molecule has 0 aromatic heterocycles. The van der Waals surface area contributed by atoms with Gasteiger partial charge in [0.1, 0.15) is 0 Å². The molecule has 104 valence electrons. The number of rotatable bonds is 8. The van der Waals surface area contributed by atoms with E-state index in [4.69, 9.17) is 11.1 Å². The fourth-order valence-electron chi connectivity index (χ4n) is 1.19. The number of amides is 2. The second kappa shape index (κ2) is 9.26. The summed E-state index contributed by atoms with van der Waals surface area (Å²) in [5.74, 6) is -0.375. The largest absolute Gasteiger partial charge is 0.370 e. The van der Waals surface area contributed by atoms with Crippen LogP contribution in [0, 0.1) is 5.41 Å². The van der Waals surface area contributed by atoms with Crippen molar-refractivity contribution in [3.05, 3.63) is 0 Å². The van der Waals surface area contributed by atoms with Gasteiger partial charge in [0.15, 0.2) is 5.96 Å². The Morgan fingerprint density at radius 2 is 1.78 bits per heavy atom. The van der Waals surface area contributed by atoms with Gasteiger partial charge in [-0.15, -0.1) is 0 Å². The third-order valence-corrected chi connectivity index (χ3v) is 2.32. The Kier molecular flexibility index (Phi) is 8.34. The number of likely N-dealkylation sites (N-methyl/N-ethyl adjacent to an activating group) is 1. The van der Waals surface area contributed by atoms with Crippen LogP contribution in [0.4, 0.5) is 0 Å². The van der Waals surface area contributed by atoms with E-state index >= 15 is 0 Å². The van der Waals surface area contributed by atoms with Crippen LogP contribution in [-0.4, -0.2) is 49.4 Å². The minimum absolute atomic E-state index is 0.00644. The maximum absolute atomic E-state index is 11.4. The SMILES string of the molecule is CCCCC(=O)NCCNC(=O)CN(C)C(=N)N. The maximum Gasteiger partial charge on any atom is 0.239 e. The fourth-order valence-corrected chi connectivity index (χ4v) is 1.19. The van der Waals surface area contributed by atoms with Crippen LogP contribution >= 0.6 is 0 Å². The first kappa shape index (κ1) is 16.2. The normalized spacial score (nSPS) is 9.67. The van der Waals surface area contributed by atoms with Crippen molar-refractivity contribution in [1.82, 2.24) is 15.5 Å². The Bertz CT molecular complexity index is 293. The van der Waals surface area contributed by atoms with Gasteiger partial charge in [0, 0.05) is 26.6 Å². The highest BCUT2D eigenvalue weighted by Crippen LogP contribution is 1.92. The van der Waals surface area contributed by atoms with E-state index in [1.165, 1.54) is 4.90 Å². The van der Waals surface area contributed by atoms with Crippen LogP contribution in [0.25, 0.3) is 0 Å². The average molecular weight is 257 g/mol. The van der Waals surface area contributed by atoms with E-state index in [0.29, 0.717) is 19.5 Å². The van der Waals surface area contributed by atoms with Gasteiger partial charge in [-0.2, -0.15) is 0 Å². The molecule has 0 saturated heterocycles. The van der Waals surface area contributed by atoms with Gasteiger partial charge in [-0.1, -0.05) is 13.3 Å².